The number of hydrogen-bond acceptors (Lipinski definition) is 4. The van der Waals surface area contributed by atoms with Crippen LogP contribution in [0.15, 0.2) is 30.5 Å². The molecule has 5 heteroatoms. The van der Waals surface area contributed by atoms with E-state index in [1.54, 1.807) is 18.3 Å². The lowest BCUT2D eigenvalue weighted by Crippen LogP contribution is -2.23. The summed E-state index contributed by atoms with van der Waals surface area (Å²) in [6, 6.07) is 7.32. The first-order valence-corrected chi connectivity index (χ1v) is 8.77. The highest BCUT2D eigenvalue weighted by Crippen LogP contribution is 2.28. The average molecular weight is 346 g/mol. The Hall–Kier alpha value is -1.67. The van der Waals surface area contributed by atoms with Crippen molar-refractivity contribution in [2.75, 3.05) is 0 Å². The van der Waals surface area contributed by atoms with Gasteiger partial charge in [-0.25, -0.2) is 4.98 Å². The first-order valence-electron chi connectivity index (χ1n) is 7.57. The Morgan fingerprint density at radius 2 is 2.04 bits per heavy atom. The molecule has 1 aliphatic carbocycles. The second kappa shape index (κ2) is 7.27. The number of thiazole rings is 1. The summed E-state index contributed by atoms with van der Waals surface area (Å²) in [7, 11) is 0. The molecule has 0 atom stereocenters. The smallest absolute Gasteiger partial charge is 0.177 e. The summed E-state index contributed by atoms with van der Waals surface area (Å²) in [5, 5.41) is 10.8. The van der Waals surface area contributed by atoms with Crippen molar-refractivity contribution < 1.29 is 9.90 Å². The predicted octanol–water partition coefficient (Wildman–Crippen LogP) is 3.93. The number of ketones is 1. The third-order valence-electron chi connectivity index (χ3n) is 3.95. The van der Waals surface area contributed by atoms with Crippen LogP contribution in [0.5, 0.6) is 0 Å². The van der Waals surface area contributed by atoms with Crippen LogP contribution in [0.25, 0.3) is 0 Å². The molecule has 118 valence electrons. The topological polar surface area (TPSA) is 50.2 Å². The molecule has 0 radical (unpaired) electrons. The lowest BCUT2D eigenvalue weighted by Gasteiger charge is -2.23. The van der Waals surface area contributed by atoms with Crippen LogP contribution in [0.2, 0.25) is 5.02 Å². The molecule has 0 unspecified atom stereocenters. The number of aromatic nitrogens is 1. The van der Waals surface area contributed by atoms with E-state index in [1.165, 1.54) is 11.3 Å². The largest absolute Gasteiger partial charge is 0.393 e. The van der Waals surface area contributed by atoms with Gasteiger partial charge in [0, 0.05) is 16.5 Å². The van der Waals surface area contributed by atoms with Crippen molar-refractivity contribution in [2.45, 2.75) is 31.8 Å². The van der Waals surface area contributed by atoms with Crippen molar-refractivity contribution in [3.63, 3.8) is 0 Å². The second-order valence-corrected chi connectivity index (χ2v) is 7.13. The van der Waals surface area contributed by atoms with Gasteiger partial charge in [0.1, 0.15) is 0 Å². The Morgan fingerprint density at radius 1 is 1.26 bits per heavy atom. The number of carbonyl (C=O) groups excluding carboxylic acids is 1. The predicted molar refractivity (Wildman–Crippen MR) is 91.8 cm³/mol. The van der Waals surface area contributed by atoms with E-state index in [9.17, 15) is 9.90 Å². The van der Waals surface area contributed by atoms with E-state index in [1.807, 2.05) is 12.1 Å². The molecular formula is C18H16ClNO2S. The summed E-state index contributed by atoms with van der Waals surface area (Å²) in [6.45, 7) is 0. The molecule has 3 rings (SSSR count). The highest BCUT2D eigenvalue weighted by molar-refractivity contribution is 7.14. The number of nitrogens with zero attached hydrogens (tertiary/aromatic N) is 1. The average Bonchev–Trinajstić information content (AvgIpc) is 3.02. The van der Waals surface area contributed by atoms with Crippen LogP contribution in [0.4, 0.5) is 0 Å². The number of aliphatic hydroxyl groups is 1. The number of hydrogen-bond donors (Lipinski definition) is 1. The van der Waals surface area contributed by atoms with Crippen LogP contribution >= 0.6 is 22.9 Å². The van der Waals surface area contributed by atoms with E-state index < -0.39 is 0 Å². The number of aliphatic hydroxyl groups excluding tert-OH is 1. The van der Waals surface area contributed by atoms with Crippen molar-refractivity contribution in [1.29, 1.82) is 0 Å². The van der Waals surface area contributed by atoms with Gasteiger partial charge in [-0.2, -0.15) is 0 Å². The Morgan fingerprint density at radius 3 is 2.78 bits per heavy atom. The van der Waals surface area contributed by atoms with Gasteiger partial charge in [0.15, 0.2) is 10.8 Å². The summed E-state index contributed by atoms with van der Waals surface area (Å²) in [5.41, 5.74) is 0.821. The number of benzene rings is 1. The highest BCUT2D eigenvalue weighted by Gasteiger charge is 2.27. The standard InChI is InChI=1S/C18H16ClNO2S/c19-14-3-1-2-12(10-14)4-9-17-20-11-16(23-17)18(22)13-5-7-15(21)8-6-13/h1-3,10-11,13,15,21H,5-8H2. The number of carbonyl (C=O) groups is 1. The molecule has 1 fully saturated rings. The van der Waals surface area contributed by atoms with Crippen LogP contribution in [-0.2, 0) is 0 Å². The quantitative estimate of drug-likeness (QED) is 0.662. The van der Waals surface area contributed by atoms with Crippen LogP contribution in [0, 0.1) is 17.8 Å². The van der Waals surface area contributed by atoms with E-state index in [0.29, 0.717) is 27.7 Å². The SMILES string of the molecule is O=C(c1cnc(C#Cc2cccc(Cl)c2)s1)C1CCC(O)CC1. The molecule has 1 aliphatic rings. The van der Waals surface area contributed by atoms with Gasteiger partial charge in [-0.1, -0.05) is 23.6 Å². The summed E-state index contributed by atoms with van der Waals surface area (Å²) in [5.74, 6) is 6.13. The molecule has 3 nitrogen and oxygen atoms in total. The van der Waals surface area contributed by atoms with Crippen LogP contribution in [-0.4, -0.2) is 22.0 Å². The van der Waals surface area contributed by atoms with Crippen molar-refractivity contribution in [2.24, 2.45) is 5.92 Å². The van der Waals surface area contributed by atoms with Crippen molar-refractivity contribution in [3.05, 3.63) is 50.9 Å². The maximum absolute atomic E-state index is 12.5. The fraction of sp³-hybridized carbons (Fsp3) is 0.333. The van der Waals surface area contributed by atoms with Crippen LogP contribution < -0.4 is 0 Å². The normalized spacial score (nSPS) is 20.6. The fourth-order valence-electron chi connectivity index (χ4n) is 2.68. The van der Waals surface area contributed by atoms with Gasteiger partial charge in [-0.3, -0.25) is 4.79 Å². The maximum atomic E-state index is 12.5. The molecule has 1 aromatic heterocycles. The van der Waals surface area contributed by atoms with E-state index in [-0.39, 0.29) is 17.8 Å². The summed E-state index contributed by atoms with van der Waals surface area (Å²) in [4.78, 5) is 17.3. The Kier molecular flexibility index (Phi) is 5.12. The van der Waals surface area contributed by atoms with Crippen molar-refractivity contribution >= 4 is 28.7 Å². The zero-order valence-corrected chi connectivity index (χ0v) is 14.0. The first-order chi connectivity index (χ1) is 11.1. The fourth-order valence-corrected chi connectivity index (χ4v) is 3.66. The Bertz CT molecular complexity index is 767. The molecule has 23 heavy (non-hydrogen) atoms. The monoisotopic (exact) mass is 345 g/mol. The van der Waals surface area contributed by atoms with Crippen LogP contribution in [0.1, 0.15) is 45.9 Å². The van der Waals surface area contributed by atoms with Gasteiger partial charge >= 0.3 is 0 Å². The van der Waals surface area contributed by atoms with Gasteiger partial charge in [0.05, 0.1) is 17.2 Å². The Labute approximate surface area is 144 Å². The lowest BCUT2D eigenvalue weighted by molar-refractivity contribution is 0.0768. The molecule has 0 saturated heterocycles. The molecule has 1 heterocycles. The molecule has 1 saturated carbocycles. The van der Waals surface area contributed by atoms with Gasteiger partial charge in [-0.05, 0) is 49.8 Å². The lowest BCUT2D eigenvalue weighted by atomic mass is 9.84. The third kappa shape index (κ3) is 4.20. The number of rotatable bonds is 2. The van der Waals surface area contributed by atoms with Gasteiger partial charge in [0.2, 0.25) is 0 Å². The molecular weight excluding hydrogens is 330 g/mol. The minimum atomic E-state index is -0.250. The number of Topliss-reactive ketones (excluding diaryl/α,β-unsaturated/α-hetero) is 1. The van der Waals surface area contributed by atoms with Gasteiger partial charge < -0.3 is 5.11 Å². The minimum absolute atomic E-state index is 0.00703. The van der Waals surface area contributed by atoms with Crippen molar-refractivity contribution in [1.82, 2.24) is 4.98 Å². The van der Waals surface area contributed by atoms with Gasteiger partial charge in [0.25, 0.3) is 0 Å². The third-order valence-corrected chi connectivity index (χ3v) is 5.12. The number of halogens is 1. The molecule has 0 aliphatic heterocycles. The highest BCUT2D eigenvalue weighted by atomic mass is 35.5. The molecule has 2 aromatic rings. The van der Waals surface area contributed by atoms with Crippen molar-refractivity contribution in [3.8, 4) is 11.8 Å². The summed E-state index contributed by atoms with van der Waals surface area (Å²) in [6.07, 6.45) is 4.27. The molecule has 0 bridgehead atoms. The molecule has 1 aromatic carbocycles. The van der Waals surface area contributed by atoms with E-state index >= 15 is 0 Å². The second-order valence-electron chi connectivity index (χ2n) is 5.66. The zero-order chi connectivity index (χ0) is 16.2. The van der Waals surface area contributed by atoms with Gasteiger partial charge in [-0.15, -0.1) is 11.3 Å². The summed E-state index contributed by atoms with van der Waals surface area (Å²) < 4.78 is 0. The summed E-state index contributed by atoms with van der Waals surface area (Å²) >= 11 is 7.25. The molecule has 1 N–H and O–H groups in total. The maximum Gasteiger partial charge on any atom is 0.177 e. The van der Waals surface area contributed by atoms with Crippen LogP contribution in [0.3, 0.4) is 0 Å². The first kappa shape index (κ1) is 16.2. The molecule has 0 spiro atoms. The Balaban J connectivity index is 1.70. The van der Waals surface area contributed by atoms with E-state index in [0.717, 1.165) is 18.4 Å². The van der Waals surface area contributed by atoms with E-state index in [2.05, 4.69) is 16.8 Å². The minimum Gasteiger partial charge on any atom is -0.393 e. The van der Waals surface area contributed by atoms with E-state index in [4.69, 9.17) is 11.6 Å². The zero-order valence-electron chi connectivity index (χ0n) is 12.5. The molecule has 0 amide bonds.